The first-order chi connectivity index (χ1) is 15.4. The van der Waals surface area contributed by atoms with Gasteiger partial charge in [0.05, 0.1) is 11.3 Å². The fraction of sp³-hybridized carbons (Fsp3) is 0.429. The largest absolute Gasteiger partial charge is 0.486 e. The van der Waals surface area contributed by atoms with Crippen molar-refractivity contribution >= 4 is 28.7 Å². The Labute approximate surface area is 188 Å². The lowest BCUT2D eigenvalue weighted by Crippen LogP contribution is -2.37. The molecule has 0 aliphatic carbocycles. The average molecular weight is 462 g/mol. The average Bonchev–Trinajstić information content (AvgIpc) is 3.20. The maximum absolute atomic E-state index is 12.5. The molecule has 0 bridgehead atoms. The van der Waals surface area contributed by atoms with Crippen LogP contribution in [0.15, 0.2) is 28.0 Å². The summed E-state index contributed by atoms with van der Waals surface area (Å²) in [5.74, 6) is 1.10. The lowest BCUT2D eigenvalue weighted by Gasteiger charge is -2.20. The number of rotatable bonds is 7. The standard InChI is InChI=1S/C21H24ClN5O5/c1-25-19-17(20(29)26(2)21(25)30)27(12-24-19)7-3-4-16(28)23-6-5-13-10-14(22)18-15(11-13)31-8-9-32-18/h10-12H,3-9H2,1-2H3,(H,23,28). The zero-order valence-corrected chi connectivity index (χ0v) is 18.6. The maximum Gasteiger partial charge on any atom is 0.332 e. The number of hydrogen-bond acceptors (Lipinski definition) is 6. The van der Waals surface area contributed by atoms with Crippen LogP contribution in [0.2, 0.25) is 5.02 Å². The van der Waals surface area contributed by atoms with E-state index in [0.29, 0.717) is 73.3 Å². The summed E-state index contributed by atoms with van der Waals surface area (Å²) in [7, 11) is 3.01. The highest BCUT2D eigenvalue weighted by molar-refractivity contribution is 6.32. The first kappa shape index (κ1) is 21.9. The van der Waals surface area contributed by atoms with Crippen molar-refractivity contribution in [3.8, 4) is 11.5 Å². The van der Waals surface area contributed by atoms with Gasteiger partial charge in [-0.1, -0.05) is 11.6 Å². The third kappa shape index (κ3) is 4.22. The number of imidazole rings is 1. The molecule has 0 fully saturated rings. The number of carbonyl (C=O) groups excluding carboxylic acids is 1. The van der Waals surface area contributed by atoms with E-state index >= 15 is 0 Å². The second-order valence-corrected chi connectivity index (χ2v) is 8.03. The topological polar surface area (TPSA) is 109 Å². The van der Waals surface area contributed by atoms with Crippen LogP contribution < -0.4 is 26.0 Å². The molecule has 4 rings (SSSR count). The number of nitrogens with zero attached hydrogens (tertiary/aromatic N) is 4. The van der Waals surface area contributed by atoms with Gasteiger partial charge in [-0.05, 0) is 30.5 Å². The third-order valence-corrected chi connectivity index (χ3v) is 5.69. The SMILES string of the molecule is Cn1c(=O)c2c(ncn2CCCC(=O)NCCc2cc(Cl)c3c(c2)OCCO3)n(C)c1=O. The Bertz CT molecular complexity index is 1290. The van der Waals surface area contributed by atoms with Crippen LogP contribution in [0.3, 0.4) is 0 Å². The van der Waals surface area contributed by atoms with Gasteiger partial charge in [0.15, 0.2) is 22.7 Å². The lowest BCUT2D eigenvalue weighted by atomic mass is 10.1. The number of nitrogens with one attached hydrogen (secondary N) is 1. The summed E-state index contributed by atoms with van der Waals surface area (Å²) in [5.41, 5.74) is 0.812. The number of aryl methyl sites for hydroxylation is 2. The van der Waals surface area contributed by atoms with Crippen LogP contribution in [0.25, 0.3) is 11.2 Å². The highest BCUT2D eigenvalue weighted by Crippen LogP contribution is 2.38. The smallest absolute Gasteiger partial charge is 0.332 e. The number of fused-ring (bicyclic) bond motifs is 2. The molecular formula is C21H24ClN5O5. The minimum Gasteiger partial charge on any atom is -0.486 e. The minimum absolute atomic E-state index is 0.0848. The van der Waals surface area contributed by atoms with E-state index in [1.165, 1.54) is 17.9 Å². The first-order valence-corrected chi connectivity index (χ1v) is 10.7. The maximum atomic E-state index is 12.5. The van der Waals surface area contributed by atoms with Gasteiger partial charge in [0.25, 0.3) is 5.56 Å². The Kier molecular flexibility index (Phi) is 6.22. The molecule has 1 N–H and O–H groups in total. The second kappa shape index (κ2) is 9.07. The lowest BCUT2D eigenvalue weighted by molar-refractivity contribution is -0.121. The van der Waals surface area contributed by atoms with Crippen LogP contribution in [-0.2, 0) is 31.9 Å². The summed E-state index contributed by atoms with van der Waals surface area (Å²) < 4.78 is 15.2. The minimum atomic E-state index is -0.425. The van der Waals surface area contributed by atoms with E-state index in [1.54, 1.807) is 11.6 Å². The molecule has 2 aromatic heterocycles. The summed E-state index contributed by atoms with van der Waals surface area (Å²) in [6.07, 6.45) is 2.96. The van der Waals surface area contributed by atoms with Crippen molar-refractivity contribution in [2.24, 2.45) is 14.1 Å². The highest BCUT2D eigenvalue weighted by Gasteiger charge is 2.17. The van der Waals surface area contributed by atoms with Gasteiger partial charge in [0, 0.05) is 33.6 Å². The fourth-order valence-electron chi connectivity index (χ4n) is 3.72. The van der Waals surface area contributed by atoms with Gasteiger partial charge in [-0.3, -0.25) is 18.7 Å². The van der Waals surface area contributed by atoms with E-state index < -0.39 is 11.2 Å². The Hall–Kier alpha value is -3.27. The zero-order valence-electron chi connectivity index (χ0n) is 17.9. The molecule has 0 spiro atoms. The molecule has 3 aromatic rings. The predicted molar refractivity (Wildman–Crippen MR) is 119 cm³/mol. The van der Waals surface area contributed by atoms with E-state index in [2.05, 4.69) is 10.3 Å². The normalized spacial score (nSPS) is 12.8. The quantitative estimate of drug-likeness (QED) is 0.562. The van der Waals surface area contributed by atoms with Crippen molar-refractivity contribution in [2.75, 3.05) is 19.8 Å². The molecule has 170 valence electrons. The van der Waals surface area contributed by atoms with E-state index in [9.17, 15) is 14.4 Å². The van der Waals surface area contributed by atoms with Crippen LogP contribution >= 0.6 is 11.6 Å². The first-order valence-electron chi connectivity index (χ1n) is 10.3. The molecule has 32 heavy (non-hydrogen) atoms. The molecule has 10 nitrogen and oxygen atoms in total. The highest BCUT2D eigenvalue weighted by atomic mass is 35.5. The van der Waals surface area contributed by atoms with Crippen molar-refractivity contribution in [2.45, 2.75) is 25.8 Å². The van der Waals surface area contributed by atoms with Gasteiger partial charge in [-0.15, -0.1) is 0 Å². The van der Waals surface area contributed by atoms with Crippen molar-refractivity contribution in [3.05, 3.63) is 49.9 Å². The van der Waals surface area contributed by atoms with Gasteiger partial charge in [-0.25, -0.2) is 9.78 Å². The molecule has 0 saturated carbocycles. The summed E-state index contributed by atoms with van der Waals surface area (Å²) in [6, 6.07) is 3.70. The number of carbonyl (C=O) groups is 1. The van der Waals surface area contributed by atoms with E-state index in [1.807, 2.05) is 12.1 Å². The second-order valence-electron chi connectivity index (χ2n) is 7.62. The molecule has 0 saturated heterocycles. The van der Waals surface area contributed by atoms with E-state index in [0.717, 1.165) is 10.1 Å². The van der Waals surface area contributed by atoms with Gasteiger partial charge in [-0.2, -0.15) is 0 Å². The predicted octanol–water partition coefficient (Wildman–Crippen LogP) is 0.997. The van der Waals surface area contributed by atoms with Crippen LogP contribution in [0.4, 0.5) is 0 Å². The van der Waals surface area contributed by atoms with Gasteiger partial charge < -0.3 is 19.4 Å². The molecule has 3 heterocycles. The monoisotopic (exact) mass is 461 g/mol. The molecule has 0 radical (unpaired) electrons. The Morgan fingerprint density at radius 1 is 1.19 bits per heavy atom. The fourth-order valence-corrected chi connectivity index (χ4v) is 4.01. The summed E-state index contributed by atoms with van der Waals surface area (Å²) in [6.45, 7) is 1.86. The van der Waals surface area contributed by atoms with Crippen molar-refractivity contribution in [3.63, 3.8) is 0 Å². The van der Waals surface area contributed by atoms with Crippen LogP contribution in [0.5, 0.6) is 11.5 Å². The van der Waals surface area contributed by atoms with Gasteiger partial charge >= 0.3 is 5.69 Å². The van der Waals surface area contributed by atoms with Crippen molar-refractivity contribution in [1.82, 2.24) is 24.0 Å². The summed E-state index contributed by atoms with van der Waals surface area (Å²) in [5, 5.41) is 3.39. The Morgan fingerprint density at radius 2 is 1.97 bits per heavy atom. The van der Waals surface area contributed by atoms with Crippen LogP contribution in [0, 0.1) is 0 Å². The van der Waals surface area contributed by atoms with Gasteiger partial charge in [0.2, 0.25) is 5.91 Å². The van der Waals surface area contributed by atoms with Gasteiger partial charge in [0.1, 0.15) is 13.2 Å². The molecule has 0 unspecified atom stereocenters. The number of ether oxygens (including phenoxy) is 2. The number of benzene rings is 1. The molecule has 1 aliphatic rings. The molecule has 11 heteroatoms. The molecule has 1 aliphatic heterocycles. The molecule has 1 aromatic carbocycles. The number of hydrogen-bond donors (Lipinski definition) is 1. The summed E-state index contributed by atoms with van der Waals surface area (Å²) in [4.78, 5) is 40.9. The third-order valence-electron chi connectivity index (χ3n) is 5.41. The number of amides is 1. The molecule has 1 amide bonds. The van der Waals surface area contributed by atoms with E-state index in [-0.39, 0.29) is 5.91 Å². The Morgan fingerprint density at radius 3 is 2.78 bits per heavy atom. The van der Waals surface area contributed by atoms with E-state index in [4.69, 9.17) is 21.1 Å². The zero-order chi connectivity index (χ0) is 22.8. The van der Waals surface area contributed by atoms with Crippen molar-refractivity contribution < 1.29 is 14.3 Å². The van der Waals surface area contributed by atoms with Crippen LogP contribution in [0.1, 0.15) is 18.4 Å². The molecule has 0 atom stereocenters. The Balaban J connectivity index is 1.30. The van der Waals surface area contributed by atoms with Crippen molar-refractivity contribution in [1.29, 1.82) is 0 Å². The van der Waals surface area contributed by atoms with Crippen LogP contribution in [-0.4, -0.2) is 44.4 Å². The number of aromatic nitrogens is 4. The number of halogens is 1. The molecular weight excluding hydrogens is 438 g/mol. The summed E-state index contributed by atoms with van der Waals surface area (Å²) >= 11 is 6.24.